The van der Waals surface area contributed by atoms with Crippen LogP contribution in [0, 0.1) is 13.8 Å². The summed E-state index contributed by atoms with van der Waals surface area (Å²) in [6.45, 7) is 7.34. The molecule has 1 amide bonds. The zero-order chi connectivity index (χ0) is 18.1. The zero-order valence-electron chi connectivity index (χ0n) is 15.1. The predicted molar refractivity (Wildman–Crippen MR) is 104 cm³/mol. The van der Waals surface area contributed by atoms with Gasteiger partial charge in [0.15, 0.2) is 0 Å². The molecule has 0 radical (unpaired) electrons. The molecule has 3 aromatic rings. The lowest BCUT2D eigenvalue weighted by Crippen LogP contribution is -2.48. The molecule has 0 spiro atoms. The molecule has 0 saturated carbocycles. The number of benzene rings is 2. The van der Waals surface area contributed by atoms with Crippen LogP contribution in [0.4, 0.5) is 5.69 Å². The number of fused-ring (bicyclic) bond motifs is 1. The highest BCUT2D eigenvalue weighted by Gasteiger charge is 2.24. The van der Waals surface area contributed by atoms with E-state index in [1.165, 1.54) is 16.8 Å². The molecular formula is C21H22N4O. The second-order valence-electron chi connectivity index (χ2n) is 6.90. The van der Waals surface area contributed by atoms with E-state index < -0.39 is 0 Å². The van der Waals surface area contributed by atoms with Crippen LogP contribution in [0.1, 0.15) is 21.5 Å². The quantitative estimate of drug-likeness (QED) is 0.715. The van der Waals surface area contributed by atoms with E-state index in [9.17, 15) is 4.79 Å². The number of carbonyl (C=O) groups excluding carboxylic acids is 1. The number of aryl methyl sites for hydroxylation is 2. The summed E-state index contributed by atoms with van der Waals surface area (Å²) in [4.78, 5) is 17.3. The summed E-state index contributed by atoms with van der Waals surface area (Å²) in [5.41, 5.74) is 5.17. The number of anilines is 1. The highest BCUT2D eigenvalue weighted by atomic mass is 16.2. The van der Waals surface area contributed by atoms with Crippen LogP contribution in [-0.4, -0.2) is 47.2 Å². The van der Waals surface area contributed by atoms with Gasteiger partial charge >= 0.3 is 0 Å². The normalized spacial score (nSPS) is 14.7. The van der Waals surface area contributed by atoms with Gasteiger partial charge < -0.3 is 9.80 Å². The maximum absolute atomic E-state index is 13.0. The van der Waals surface area contributed by atoms with Crippen LogP contribution in [0.25, 0.3) is 10.9 Å². The van der Waals surface area contributed by atoms with Crippen LogP contribution < -0.4 is 4.90 Å². The summed E-state index contributed by atoms with van der Waals surface area (Å²) in [5.74, 6) is 0.0381. The van der Waals surface area contributed by atoms with Crippen LogP contribution in [0.2, 0.25) is 0 Å². The van der Waals surface area contributed by atoms with E-state index in [0.717, 1.165) is 24.0 Å². The third kappa shape index (κ3) is 3.12. The van der Waals surface area contributed by atoms with Gasteiger partial charge in [-0.1, -0.05) is 24.3 Å². The van der Waals surface area contributed by atoms with Crippen LogP contribution in [0.15, 0.2) is 48.7 Å². The van der Waals surface area contributed by atoms with Crippen molar-refractivity contribution in [3.63, 3.8) is 0 Å². The summed E-state index contributed by atoms with van der Waals surface area (Å²) < 4.78 is 0. The van der Waals surface area contributed by atoms with Gasteiger partial charge in [-0.25, -0.2) is 0 Å². The number of piperazine rings is 1. The van der Waals surface area contributed by atoms with Crippen molar-refractivity contribution in [2.75, 3.05) is 31.1 Å². The van der Waals surface area contributed by atoms with Crippen molar-refractivity contribution in [3.8, 4) is 0 Å². The molecular weight excluding hydrogens is 324 g/mol. The van der Waals surface area contributed by atoms with Gasteiger partial charge in [-0.2, -0.15) is 10.2 Å². The molecule has 2 heterocycles. The van der Waals surface area contributed by atoms with Crippen molar-refractivity contribution in [3.05, 3.63) is 65.4 Å². The van der Waals surface area contributed by atoms with E-state index in [1.54, 1.807) is 6.20 Å². The second-order valence-corrected chi connectivity index (χ2v) is 6.90. The highest BCUT2D eigenvalue weighted by Crippen LogP contribution is 2.22. The monoisotopic (exact) mass is 346 g/mol. The van der Waals surface area contributed by atoms with Gasteiger partial charge in [0.2, 0.25) is 0 Å². The topological polar surface area (TPSA) is 49.3 Å². The molecule has 26 heavy (non-hydrogen) atoms. The molecule has 5 heteroatoms. The number of rotatable bonds is 2. The van der Waals surface area contributed by atoms with Crippen molar-refractivity contribution >= 4 is 22.5 Å². The van der Waals surface area contributed by atoms with Gasteiger partial charge in [0, 0.05) is 37.3 Å². The van der Waals surface area contributed by atoms with E-state index in [-0.39, 0.29) is 5.91 Å². The Labute approximate surface area is 153 Å². The molecule has 0 bridgehead atoms. The van der Waals surface area contributed by atoms with Crippen LogP contribution >= 0.6 is 0 Å². The fourth-order valence-corrected chi connectivity index (χ4v) is 3.65. The third-order valence-electron chi connectivity index (χ3n) is 4.92. The zero-order valence-corrected chi connectivity index (χ0v) is 15.1. The van der Waals surface area contributed by atoms with Crippen molar-refractivity contribution in [1.29, 1.82) is 0 Å². The average Bonchev–Trinajstić information content (AvgIpc) is 2.66. The lowest BCUT2D eigenvalue weighted by Gasteiger charge is -2.36. The Morgan fingerprint density at radius 3 is 2.38 bits per heavy atom. The minimum absolute atomic E-state index is 0.0381. The van der Waals surface area contributed by atoms with Gasteiger partial charge in [-0.05, 0) is 43.2 Å². The summed E-state index contributed by atoms with van der Waals surface area (Å²) in [6, 6.07) is 14.3. The van der Waals surface area contributed by atoms with Gasteiger partial charge in [0.1, 0.15) is 0 Å². The number of hydrogen-bond donors (Lipinski definition) is 0. The molecule has 1 fully saturated rings. The Bertz CT molecular complexity index is 936. The Balaban J connectivity index is 1.51. The van der Waals surface area contributed by atoms with Crippen LogP contribution in [-0.2, 0) is 0 Å². The summed E-state index contributed by atoms with van der Waals surface area (Å²) in [5, 5.41) is 8.98. The van der Waals surface area contributed by atoms with Crippen molar-refractivity contribution < 1.29 is 4.79 Å². The van der Waals surface area contributed by atoms with Crippen molar-refractivity contribution in [1.82, 2.24) is 15.1 Å². The first-order valence-corrected chi connectivity index (χ1v) is 8.95. The fraction of sp³-hybridized carbons (Fsp3) is 0.286. The highest BCUT2D eigenvalue weighted by molar-refractivity contribution is 6.05. The van der Waals surface area contributed by atoms with E-state index in [0.29, 0.717) is 18.7 Å². The van der Waals surface area contributed by atoms with Gasteiger partial charge in [-0.15, -0.1) is 0 Å². The first kappa shape index (κ1) is 16.5. The Kier molecular flexibility index (Phi) is 4.29. The number of aromatic nitrogens is 2. The number of nitrogens with zero attached hydrogens (tertiary/aromatic N) is 4. The molecule has 0 atom stereocenters. The minimum Gasteiger partial charge on any atom is -0.368 e. The number of hydrogen-bond acceptors (Lipinski definition) is 4. The molecule has 1 aromatic heterocycles. The molecule has 0 aliphatic carbocycles. The second kappa shape index (κ2) is 6.75. The Morgan fingerprint density at radius 1 is 0.962 bits per heavy atom. The lowest BCUT2D eigenvalue weighted by molar-refractivity contribution is 0.0748. The summed E-state index contributed by atoms with van der Waals surface area (Å²) in [6.07, 6.45) is 1.58. The smallest absolute Gasteiger partial charge is 0.256 e. The minimum atomic E-state index is 0.0381. The van der Waals surface area contributed by atoms with Crippen molar-refractivity contribution in [2.24, 2.45) is 0 Å². The molecule has 1 aliphatic heterocycles. The first-order valence-electron chi connectivity index (χ1n) is 8.95. The van der Waals surface area contributed by atoms with Gasteiger partial charge in [0.25, 0.3) is 5.91 Å². The molecule has 5 nitrogen and oxygen atoms in total. The molecule has 0 N–H and O–H groups in total. The molecule has 1 saturated heterocycles. The molecule has 4 rings (SSSR count). The average molecular weight is 346 g/mol. The Hall–Kier alpha value is -2.95. The summed E-state index contributed by atoms with van der Waals surface area (Å²) >= 11 is 0. The van der Waals surface area contributed by atoms with E-state index >= 15 is 0 Å². The third-order valence-corrected chi connectivity index (χ3v) is 4.92. The van der Waals surface area contributed by atoms with Crippen LogP contribution in [0.3, 0.4) is 0 Å². The maximum atomic E-state index is 13.0. The van der Waals surface area contributed by atoms with E-state index in [1.807, 2.05) is 29.2 Å². The summed E-state index contributed by atoms with van der Waals surface area (Å²) in [7, 11) is 0. The Morgan fingerprint density at radius 2 is 1.65 bits per heavy atom. The molecule has 2 aromatic carbocycles. The fourth-order valence-electron chi connectivity index (χ4n) is 3.65. The predicted octanol–water partition coefficient (Wildman–Crippen LogP) is 3.21. The number of carbonyl (C=O) groups is 1. The van der Waals surface area contributed by atoms with Crippen molar-refractivity contribution in [2.45, 2.75) is 13.8 Å². The molecule has 132 valence electrons. The van der Waals surface area contributed by atoms with E-state index in [2.05, 4.69) is 47.1 Å². The van der Waals surface area contributed by atoms with Crippen LogP contribution in [0.5, 0.6) is 0 Å². The largest absolute Gasteiger partial charge is 0.368 e. The lowest BCUT2D eigenvalue weighted by atomic mass is 10.1. The maximum Gasteiger partial charge on any atom is 0.256 e. The van der Waals surface area contributed by atoms with Gasteiger partial charge in [0.05, 0.1) is 17.3 Å². The van der Waals surface area contributed by atoms with Gasteiger partial charge in [-0.3, -0.25) is 4.79 Å². The molecule has 0 unspecified atom stereocenters. The first-order chi connectivity index (χ1) is 12.6. The molecule has 1 aliphatic rings. The SMILES string of the molecule is Cc1cc(C)cc(N2CCN(C(=O)c3cnnc4ccccc34)CC2)c1. The standard InChI is InChI=1S/C21H22N4O/c1-15-11-16(2)13-17(12-15)24-7-9-25(10-8-24)21(26)19-14-22-23-20-6-4-3-5-18(19)20/h3-6,11-14H,7-10H2,1-2H3. The number of amides is 1. The van der Waals surface area contributed by atoms with E-state index in [4.69, 9.17) is 0 Å².